The fourth-order valence-corrected chi connectivity index (χ4v) is 1.51. The summed E-state index contributed by atoms with van der Waals surface area (Å²) in [7, 11) is 0. The van der Waals surface area contributed by atoms with E-state index in [1.165, 1.54) is 0 Å². The van der Waals surface area contributed by atoms with Crippen LogP contribution in [0.5, 0.6) is 0 Å². The third-order valence-corrected chi connectivity index (χ3v) is 2.25. The molecule has 0 aliphatic carbocycles. The van der Waals surface area contributed by atoms with E-state index in [1.54, 1.807) is 0 Å². The molecule has 1 aromatic rings. The third-order valence-electron chi connectivity index (χ3n) is 1.37. The second-order valence-corrected chi connectivity index (χ2v) is 3.57. The quantitative estimate of drug-likeness (QED) is 0.611. The van der Waals surface area contributed by atoms with E-state index in [1.807, 2.05) is 6.92 Å². The van der Waals surface area contributed by atoms with Crippen LogP contribution in [0.4, 0.5) is 5.13 Å². The summed E-state index contributed by atoms with van der Waals surface area (Å²) >= 11 is 1.12. The van der Waals surface area contributed by atoms with Gasteiger partial charge < -0.3 is 16.4 Å². The maximum atomic E-state index is 11.3. The van der Waals surface area contributed by atoms with E-state index in [0.717, 1.165) is 11.3 Å². The van der Waals surface area contributed by atoms with Crippen LogP contribution in [0.1, 0.15) is 16.7 Å². The molecule has 0 atom stereocenters. The maximum Gasteiger partial charge on any atom is 0.282 e. The van der Waals surface area contributed by atoms with Crippen LogP contribution < -0.4 is 16.4 Å². The third kappa shape index (κ3) is 3.50. The minimum Gasteiger partial charge on any atom is -0.368 e. The number of hydrogen-bond acceptors (Lipinski definition) is 6. The van der Waals surface area contributed by atoms with Crippen LogP contribution in [-0.4, -0.2) is 35.1 Å². The Kier molecular flexibility index (Phi) is 3.98. The van der Waals surface area contributed by atoms with Gasteiger partial charge in [-0.3, -0.25) is 9.59 Å². The molecule has 1 rings (SSSR count). The second-order valence-electron chi connectivity index (χ2n) is 2.59. The first-order valence-electron chi connectivity index (χ1n) is 4.27. The first-order chi connectivity index (χ1) is 7.13. The molecule has 7 nitrogen and oxygen atoms in total. The highest BCUT2D eigenvalue weighted by Crippen LogP contribution is 2.14. The number of carbonyl (C=O) groups is 2. The molecule has 0 bridgehead atoms. The van der Waals surface area contributed by atoms with Gasteiger partial charge in [0.25, 0.3) is 5.91 Å². The van der Waals surface area contributed by atoms with Gasteiger partial charge in [-0.15, -0.1) is 10.2 Å². The van der Waals surface area contributed by atoms with Crippen molar-refractivity contribution in [1.82, 2.24) is 15.5 Å². The van der Waals surface area contributed by atoms with Crippen molar-refractivity contribution in [3.05, 3.63) is 5.01 Å². The molecule has 0 aromatic carbocycles. The normalized spacial score (nSPS) is 9.67. The standard InChI is InChI=1S/C7H11N5O2S/c1-2-9-7-12-11-6(15-7)5(14)10-3-4(8)13/h2-3H2,1H3,(H2,8,13)(H,9,12)(H,10,14). The Morgan fingerprint density at radius 3 is 2.80 bits per heavy atom. The molecule has 0 fully saturated rings. The lowest BCUT2D eigenvalue weighted by molar-refractivity contribution is -0.117. The molecule has 4 N–H and O–H groups in total. The van der Waals surface area contributed by atoms with E-state index in [2.05, 4.69) is 20.8 Å². The summed E-state index contributed by atoms with van der Waals surface area (Å²) in [6, 6.07) is 0. The van der Waals surface area contributed by atoms with Crippen molar-refractivity contribution in [2.24, 2.45) is 5.73 Å². The van der Waals surface area contributed by atoms with Gasteiger partial charge in [0.05, 0.1) is 6.54 Å². The predicted molar refractivity (Wildman–Crippen MR) is 55.6 cm³/mol. The molecule has 0 saturated carbocycles. The summed E-state index contributed by atoms with van der Waals surface area (Å²) in [5.74, 6) is -1.05. The van der Waals surface area contributed by atoms with Gasteiger partial charge in [-0.1, -0.05) is 11.3 Å². The summed E-state index contributed by atoms with van der Waals surface area (Å²) in [5.41, 5.74) is 4.87. The average molecular weight is 229 g/mol. The fourth-order valence-electron chi connectivity index (χ4n) is 0.781. The van der Waals surface area contributed by atoms with Gasteiger partial charge in [-0.2, -0.15) is 0 Å². The molecule has 8 heteroatoms. The molecule has 1 aromatic heterocycles. The topological polar surface area (TPSA) is 110 Å². The van der Waals surface area contributed by atoms with Crippen LogP contribution in [0.3, 0.4) is 0 Å². The number of rotatable bonds is 5. The van der Waals surface area contributed by atoms with Crippen LogP contribution in [0.25, 0.3) is 0 Å². The molecule has 1 heterocycles. The van der Waals surface area contributed by atoms with Crippen LogP contribution >= 0.6 is 11.3 Å². The van der Waals surface area contributed by atoms with Gasteiger partial charge in [0.1, 0.15) is 0 Å². The number of anilines is 1. The lowest BCUT2D eigenvalue weighted by Crippen LogP contribution is -2.33. The molecule has 0 saturated heterocycles. The van der Waals surface area contributed by atoms with Gasteiger partial charge >= 0.3 is 0 Å². The smallest absolute Gasteiger partial charge is 0.282 e. The second kappa shape index (κ2) is 5.25. The highest BCUT2D eigenvalue weighted by atomic mass is 32.1. The van der Waals surface area contributed by atoms with Crippen molar-refractivity contribution in [2.45, 2.75) is 6.92 Å². The summed E-state index contributed by atoms with van der Waals surface area (Å²) in [5, 5.41) is 13.4. The maximum absolute atomic E-state index is 11.3. The van der Waals surface area contributed by atoms with Crippen molar-refractivity contribution in [2.75, 3.05) is 18.4 Å². The summed E-state index contributed by atoms with van der Waals surface area (Å²) in [6.07, 6.45) is 0. The fraction of sp³-hybridized carbons (Fsp3) is 0.429. The van der Waals surface area contributed by atoms with Crippen molar-refractivity contribution in [3.8, 4) is 0 Å². The van der Waals surface area contributed by atoms with E-state index in [0.29, 0.717) is 11.7 Å². The SMILES string of the molecule is CCNc1nnc(C(=O)NCC(N)=O)s1. The van der Waals surface area contributed by atoms with Crippen LogP contribution in [0.15, 0.2) is 0 Å². The molecule has 2 amide bonds. The Labute approximate surface area is 90.1 Å². The Bertz CT molecular complexity index is 364. The molecule has 0 unspecified atom stereocenters. The average Bonchev–Trinajstić information content (AvgIpc) is 2.63. The largest absolute Gasteiger partial charge is 0.368 e. The Balaban J connectivity index is 2.54. The number of carbonyl (C=O) groups excluding carboxylic acids is 2. The zero-order valence-corrected chi connectivity index (χ0v) is 8.93. The van der Waals surface area contributed by atoms with Crippen LogP contribution in [-0.2, 0) is 4.79 Å². The highest BCUT2D eigenvalue weighted by molar-refractivity contribution is 7.17. The van der Waals surface area contributed by atoms with Gasteiger partial charge in [-0.25, -0.2) is 0 Å². The van der Waals surface area contributed by atoms with Crippen molar-refractivity contribution < 1.29 is 9.59 Å². The van der Waals surface area contributed by atoms with Gasteiger partial charge in [0.2, 0.25) is 16.0 Å². The van der Waals surface area contributed by atoms with Crippen LogP contribution in [0.2, 0.25) is 0 Å². The minimum atomic E-state index is -0.597. The monoisotopic (exact) mass is 229 g/mol. The molecular formula is C7H11N5O2S. The highest BCUT2D eigenvalue weighted by Gasteiger charge is 2.12. The molecule has 0 aliphatic heterocycles. The lowest BCUT2D eigenvalue weighted by atomic mass is 10.5. The Hall–Kier alpha value is -1.70. The van der Waals surface area contributed by atoms with E-state index < -0.39 is 11.8 Å². The molecular weight excluding hydrogens is 218 g/mol. The van der Waals surface area contributed by atoms with Gasteiger partial charge in [-0.05, 0) is 6.92 Å². The first-order valence-corrected chi connectivity index (χ1v) is 5.09. The summed E-state index contributed by atoms with van der Waals surface area (Å²) in [6.45, 7) is 2.42. The van der Waals surface area contributed by atoms with Crippen molar-refractivity contribution >= 4 is 28.3 Å². The molecule has 15 heavy (non-hydrogen) atoms. The number of nitrogens with one attached hydrogen (secondary N) is 2. The van der Waals surface area contributed by atoms with Gasteiger partial charge in [0, 0.05) is 6.54 Å². The summed E-state index contributed by atoms with van der Waals surface area (Å²) in [4.78, 5) is 21.7. The number of amides is 2. The van der Waals surface area contributed by atoms with Crippen molar-refractivity contribution in [1.29, 1.82) is 0 Å². The molecule has 0 aliphatic rings. The van der Waals surface area contributed by atoms with E-state index in [-0.39, 0.29) is 11.6 Å². The van der Waals surface area contributed by atoms with E-state index in [4.69, 9.17) is 5.73 Å². The molecule has 0 radical (unpaired) electrons. The first kappa shape index (κ1) is 11.4. The minimum absolute atomic E-state index is 0.199. The Morgan fingerprint density at radius 2 is 2.20 bits per heavy atom. The lowest BCUT2D eigenvalue weighted by Gasteiger charge is -1.97. The van der Waals surface area contributed by atoms with E-state index >= 15 is 0 Å². The zero-order valence-electron chi connectivity index (χ0n) is 8.11. The van der Waals surface area contributed by atoms with E-state index in [9.17, 15) is 9.59 Å². The molecule has 82 valence electrons. The number of nitrogens with two attached hydrogens (primary N) is 1. The van der Waals surface area contributed by atoms with Crippen molar-refractivity contribution in [3.63, 3.8) is 0 Å². The Morgan fingerprint density at radius 1 is 1.47 bits per heavy atom. The number of nitrogens with zero attached hydrogens (tertiary/aromatic N) is 2. The summed E-state index contributed by atoms with van der Waals surface area (Å²) < 4.78 is 0. The number of hydrogen-bond donors (Lipinski definition) is 3. The van der Waals surface area contributed by atoms with Crippen LogP contribution in [0, 0.1) is 0 Å². The van der Waals surface area contributed by atoms with Gasteiger partial charge in [0.15, 0.2) is 0 Å². The number of aromatic nitrogens is 2. The zero-order chi connectivity index (χ0) is 11.3. The predicted octanol–water partition coefficient (Wildman–Crippen LogP) is -0.815. The molecule has 0 spiro atoms. The number of primary amides is 1.